The molecule has 4 rings (SSSR count). The number of pyridine rings is 1. The van der Waals surface area contributed by atoms with Crippen molar-refractivity contribution in [3.8, 4) is 0 Å². The third-order valence-corrected chi connectivity index (χ3v) is 6.70. The average molecular weight is 483 g/mol. The quantitative estimate of drug-likeness (QED) is 0.558. The third kappa shape index (κ3) is 5.44. The number of allylic oxidation sites excluding steroid dienone is 1. The van der Waals surface area contributed by atoms with Gasteiger partial charge in [0.1, 0.15) is 5.60 Å². The summed E-state index contributed by atoms with van der Waals surface area (Å²) in [6.45, 7) is 6.88. The van der Waals surface area contributed by atoms with Gasteiger partial charge in [-0.2, -0.15) is 0 Å². The van der Waals surface area contributed by atoms with Crippen LogP contribution in [0.2, 0.25) is 5.02 Å². The number of carboxylic acid groups (broad SMARTS) is 1. The minimum atomic E-state index is -0.826. The molecule has 1 N–H and O–H groups in total. The number of carbonyl (C=O) groups is 2. The van der Waals surface area contributed by atoms with E-state index in [0.29, 0.717) is 24.5 Å². The largest absolute Gasteiger partial charge is 0.481 e. The highest BCUT2D eigenvalue weighted by Gasteiger charge is 2.36. The van der Waals surface area contributed by atoms with Crippen molar-refractivity contribution in [1.82, 2.24) is 9.88 Å². The predicted molar refractivity (Wildman–Crippen MR) is 133 cm³/mol. The fourth-order valence-corrected chi connectivity index (χ4v) is 5.15. The molecule has 1 fully saturated rings. The Morgan fingerprint density at radius 2 is 1.94 bits per heavy atom. The number of nitrogens with zero attached hydrogens (tertiary/aromatic N) is 2. The summed E-state index contributed by atoms with van der Waals surface area (Å²) in [6.07, 6.45) is 5.73. The Hall–Kier alpha value is -2.86. The lowest BCUT2D eigenvalue weighted by molar-refractivity contribution is -0.136. The van der Waals surface area contributed by atoms with E-state index in [2.05, 4.69) is 12.1 Å². The summed E-state index contributed by atoms with van der Waals surface area (Å²) in [6, 6.07) is 9.86. The van der Waals surface area contributed by atoms with E-state index in [9.17, 15) is 14.7 Å². The van der Waals surface area contributed by atoms with Crippen molar-refractivity contribution in [1.29, 1.82) is 0 Å². The molecule has 2 heterocycles. The van der Waals surface area contributed by atoms with Crippen LogP contribution >= 0.6 is 11.6 Å². The average Bonchev–Trinajstić information content (AvgIpc) is 2.90. The Morgan fingerprint density at radius 3 is 2.62 bits per heavy atom. The lowest BCUT2D eigenvalue weighted by atomic mass is 9.76. The lowest BCUT2D eigenvalue weighted by Crippen LogP contribution is -2.42. The number of carbonyl (C=O) groups excluding carboxylic acids is 1. The summed E-state index contributed by atoms with van der Waals surface area (Å²) in [5, 5.41) is 9.94. The number of halogens is 1. The molecule has 2 aromatic rings. The van der Waals surface area contributed by atoms with Gasteiger partial charge in [0.2, 0.25) is 0 Å². The molecular formula is C27H31ClN2O4. The number of hydrogen-bond donors (Lipinski definition) is 1. The number of ether oxygens (including phenoxy) is 1. The van der Waals surface area contributed by atoms with E-state index in [0.717, 1.165) is 40.8 Å². The van der Waals surface area contributed by atoms with E-state index in [4.69, 9.17) is 21.3 Å². The molecular weight excluding hydrogens is 452 g/mol. The van der Waals surface area contributed by atoms with Gasteiger partial charge < -0.3 is 14.7 Å². The first kappa shape index (κ1) is 24.3. The highest BCUT2D eigenvalue weighted by atomic mass is 35.5. The predicted octanol–water partition coefficient (Wildman–Crippen LogP) is 6.23. The number of hydrogen-bond acceptors (Lipinski definition) is 4. The summed E-state index contributed by atoms with van der Waals surface area (Å²) in [4.78, 5) is 30.5. The van der Waals surface area contributed by atoms with Crippen molar-refractivity contribution in [2.75, 3.05) is 13.1 Å². The molecule has 0 bridgehead atoms. The topological polar surface area (TPSA) is 79.7 Å². The normalized spacial score (nSPS) is 18.4. The molecule has 1 aliphatic heterocycles. The number of aliphatic carboxylic acids is 1. The van der Waals surface area contributed by atoms with Crippen LogP contribution in [0.15, 0.2) is 36.5 Å². The second-order valence-corrected chi connectivity index (χ2v) is 10.5. The molecule has 1 unspecified atom stereocenters. The van der Waals surface area contributed by atoms with Crippen LogP contribution in [0.25, 0.3) is 11.6 Å². The molecule has 0 spiro atoms. The zero-order valence-corrected chi connectivity index (χ0v) is 20.6. The maximum absolute atomic E-state index is 12.6. The van der Waals surface area contributed by atoms with Crippen LogP contribution in [0.4, 0.5) is 4.79 Å². The summed E-state index contributed by atoms with van der Waals surface area (Å²) >= 11 is 6.36. The first-order valence-corrected chi connectivity index (χ1v) is 12.1. The van der Waals surface area contributed by atoms with Crippen molar-refractivity contribution >= 4 is 35.3 Å². The lowest BCUT2D eigenvalue weighted by Gasteiger charge is -2.37. The Labute approximate surface area is 205 Å². The molecule has 1 aromatic carbocycles. The van der Waals surface area contributed by atoms with E-state index in [1.807, 2.05) is 45.0 Å². The Kier molecular flexibility index (Phi) is 6.99. The first-order chi connectivity index (χ1) is 16.1. The van der Waals surface area contributed by atoms with E-state index < -0.39 is 11.6 Å². The van der Waals surface area contributed by atoms with Crippen molar-refractivity contribution in [2.24, 2.45) is 5.92 Å². The zero-order chi connectivity index (χ0) is 24.5. The Bertz CT molecular complexity index is 1110. The molecule has 180 valence electrons. The third-order valence-electron chi connectivity index (χ3n) is 6.46. The molecule has 6 nitrogen and oxygen atoms in total. The van der Waals surface area contributed by atoms with E-state index in [1.165, 1.54) is 0 Å². The molecule has 1 amide bonds. The molecule has 1 aromatic heterocycles. The number of rotatable bonds is 4. The van der Waals surface area contributed by atoms with Gasteiger partial charge in [-0.1, -0.05) is 29.8 Å². The maximum atomic E-state index is 12.6. The molecule has 1 aliphatic carbocycles. The van der Waals surface area contributed by atoms with Gasteiger partial charge in [-0.05, 0) is 86.4 Å². The molecule has 0 radical (unpaired) electrons. The molecule has 7 heteroatoms. The fourth-order valence-electron chi connectivity index (χ4n) is 4.97. The van der Waals surface area contributed by atoms with Gasteiger partial charge in [0.15, 0.2) is 0 Å². The van der Waals surface area contributed by atoms with Crippen molar-refractivity contribution in [3.05, 3.63) is 63.9 Å². The first-order valence-electron chi connectivity index (χ1n) is 11.8. The fraction of sp³-hybridized carbons (Fsp3) is 0.444. The van der Waals surface area contributed by atoms with Gasteiger partial charge in [0, 0.05) is 36.6 Å². The maximum Gasteiger partial charge on any atom is 0.410 e. The van der Waals surface area contributed by atoms with Crippen LogP contribution in [-0.2, 0) is 9.53 Å². The number of aromatic nitrogens is 1. The van der Waals surface area contributed by atoms with Crippen LogP contribution < -0.4 is 0 Å². The van der Waals surface area contributed by atoms with Crippen LogP contribution in [0.1, 0.15) is 74.8 Å². The summed E-state index contributed by atoms with van der Waals surface area (Å²) in [7, 11) is 0. The van der Waals surface area contributed by atoms with Crippen LogP contribution in [-0.4, -0.2) is 45.7 Å². The molecule has 1 atom stereocenters. The number of fused-ring (bicyclic) bond motifs is 2. The van der Waals surface area contributed by atoms with Crippen LogP contribution in [0, 0.1) is 5.92 Å². The minimum absolute atomic E-state index is 0.0304. The monoisotopic (exact) mass is 482 g/mol. The summed E-state index contributed by atoms with van der Waals surface area (Å²) in [5.41, 5.74) is 4.55. The van der Waals surface area contributed by atoms with Gasteiger partial charge in [0.05, 0.1) is 5.69 Å². The van der Waals surface area contributed by atoms with E-state index in [-0.39, 0.29) is 24.3 Å². The number of carboxylic acids is 1. The van der Waals surface area contributed by atoms with E-state index >= 15 is 0 Å². The van der Waals surface area contributed by atoms with Gasteiger partial charge in [-0.3, -0.25) is 9.78 Å². The van der Waals surface area contributed by atoms with Crippen LogP contribution in [0.5, 0.6) is 0 Å². The number of likely N-dealkylation sites (tertiary alicyclic amines) is 1. The summed E-state index contributed by atoms with van der Waals surface area (Å²) in [5.74, 6) is -0.518. The highest BCUT2D eigenvalue weighted by Crippen LogP contribution is 2.45. The SMILES string of the molecule is CC(C)(C)OC(=O)N1CCC(C2c3ccc(Cl)cc3C=C(CCC(=O)O)c3cccnc32)CC1. The number of piperidine rings is 1. The highest BCUT2D eigenvalue weighted by molar-refractivity contribution is 6.30. The molecule has 0 saturated carbocycles. The minimum Gasteiger partial charge on any atom is -0.481 e. The van der Waals surface area contributed by atoms with Gasteiger partial charge >= 0.3 is 12.1 Å². The Morgan fingerprint density at radius 1 is 1.21 bits per heavy atom. The van der Waals surface area contributed by atoms with Crippen LogP contribution in [0.3, 0.4) is 0 Å². The number of amides is 1. The van der Waals surface area contributed by atoms with Gasteiger partial charge in [-0.15, -0.1) is 0 Å². The van der Waals surface area contributed by atoms with Crippen molar-refractivity contribution < 1.29 is 19.4 Å². The molecule has 1 saturated heterocycles. The second kappa shape index (κ2) is 9.79. The zero-order valence-electron chi connectivity index (χ0n) is 19.9. The number of benzene rings is 1. The smallest absolute Gasteiger partial charge is 0.410 e. The van der Waals surface area contributed by atoms with Gasteiger partial charge in [0.25, 0.3) is 0 Å². The van der Waals surface area contributed by atoms with E-state index in [1.54, 1.807) is 11.1 Å². The summed E-state index contributed by atoms with van der Waals surface area (Å²) < 4.78 is 5.57. The Balaban J connectivity index is 1.67. The van der Waals surface area contributed by atoms with Crippen molar-refractivity contribution in [2.45, 2.75) is 58.0 Å². The molecule has 34 heavy (non-hydrogen) atoms. The molecule has 2 aliphatic rings. The van der Waals surface area contributed by atoms with Gasteiger partial charge in [-0.25, -0.2) is 4.79 Å². The van der Waals surface area contributed by atoms with Crippen molar-refractivity contribution in [3.63, 3.8) is 0 Å². The standard InChI is InChI=1S/C27H31ClN2O4/c1-27(2,3)34-26(33)30-13-10-17(11-14-30)24-21-8-7-20(28)16-19(21)15-18(6-9-23(31)32)22-5-4-12-29-25(22)24/h4-5,7-8,12,15-17,24H,6,9-11,13-14H2,1-3H3,(H,31,32). The second-order valence-electron chi connectivity index (χ2n) is 10.1.